The van der Waals surface area contributed by atoms with Crippen molar-refractivity contribution in [3.63, 3.8) is 0 Å². The summed E-state index contributed by atoms with van der Waals surface area (Å²) in [5, 5.41) is 0. The van der Waals surface area contributed by atoms with Gasteiger partial charge >= 0.3 is 0 Å². The standard InChI is InChI=1S/C27H28N4O2.C3H8.C2H6/c1-5-9-24-23(6-2)29-26(30-24)18-33-17-20-16-31(21-14-12-19(3)13-15-21)27(28-20)22-10-7-8-11-25(22)32-4;1-3-2;1-2/h5-16H,2,17-18H2,1,3-4H3,(H,29,30);3H2,1-2H3;1-2H3/b9-5-;;. The van der Waals surface area contributed by atoms with Gasteiger partial charge in [-0.25, -0.2) is 9.97 Å². The summed E-state index contributed by atoms with van der Waals surface area (Å²) < 4.78 is 13.6. The van der Waals surface area contributed by atoms with Crippen LogP contribution in [0.4, 0.5) is 0 Å². The number of aromatic nitrogens is 4. The zero-order valence-corrected chi connectivity index (χ0v) is 23.9. The number of methoxy groups -OCH3 is 1. The number of rotatable bonds is 9. The Hall–Kier alpha value is -3.90. The van der Waals surface area contributed by atoms with Gasteiger partial charge in [0.2, 0.25) is 0 Å². The van der Waals surface area contributed by atoms with Crippen molar-refractivity contribution in [2.24, 2.45) is 0 Å². The molecule has 0 bridgehead atoms. The van der Waals surface area contributed by atoms with Crippen molar-refractivity contribution in [1.82, 2.24) is 19.5 Å². The zero-order valence-electron chi connectivity index (χ0n) is 23.9. The lowest BCUT2D eigenvalue weighted by molar-refractivity contribution is 0.0999. The van der Waals surface area contributed by atoms with Crippen LogP contribution >= 0.6 is 0 Å². The van der Waals surface area contributed by atoms with Crippen LogP contribution in [0.5, 0.6) is 5.75 Å². The van der Waals surface area contributed by atoms with Crippen molar-refractivity contribution in [3.8, 4) is 22.8 Å². The fraction of sp³-hybridized carbons (Fsp3) is 0.312. The predicted molar refractivity (Wildman–Crippen MR) is 159 cm³/mol. The Kier molecular flexibility index (Phi) is 12.8. The number of H-pyrrole nitrogens is 1. The van der Waals surface area contributed by atoms with Gasteiger partial charge in [-0.15, -0.1) is 0 Å². The third-order valence-corrected chi connectivity index (χ3v) is 5.24. The summed E-state index contributed by atoms with van der Waals surface area (Å²) in [6.45, 7) is 16.8. The van der Waals surface area contributed by atoms with Crippen molar-refractivity contribution in [1.29, 1.82) is 0 Å². The second-order valence-electron chi connectivity index (χ2n) is 8.35. The zero-order chi connectivity index (χ0) is 27.9. The second kappa shape index (κ2) is 16.0. The van der Waals surface area contributed by atoms with E-state index in [0.29, 0.717) is 13.2 Å². The number of allylic oxidation sites excluding steroid dienone is 1. The molecule has 0 spiro atoms. The molecule has 0 amide bonds. The largest absolute Gasteiger partial charge is 0.496 e. The summed E-state index contributed by atoms with van der Waals surface area (Å²) in [7, 11) is 1.67. The maximum Gasteiger partial charge on any atom is 0.148 e. The van der Waals surface area contributed by atoms with Gasteiger partial charge in [0.25, 0.3) is 0 Å². The molecule has 4 rings (SSSR count). The maximum absolute atomic E-state index is 5.95. The molecule has 1 N–H and O–H groups in total. The third kappa shape index (κ3) is 8.05. The predicted octanol–water partition coefficient (Wildman–Crippen LogP) is 8.41. The van der Waals surface area contributed by atoms with Gasteiger partial charge in [-0.1, -0.05) is 76.6 Å². The Morgan fingerprint density at radius 1 is 1.00 bits per heavy atom. The van der Waals surface area contributed by atoms with Crippen molar-refractivity contribution in [2.75, 3.05) is 7.11 Å². The van der Waals surface area contributed by atoms with Crippen LogP contribution in [-0.2, 0) is 18.0 Å². The van der Waals surface area contributed by atoms with E-state index in [2.05, 4.69) is 66.2 Å². The molecule has 0 atom stereocenters. The molecule has 2 heterocycles. The maximum atomic E-state index is 5.95. The minimum absolute atomic E-state index is 0.347. The van der Waals surface area contributed by atoms with Gasteiger partial charge in [0.15, 0.2) is 0 Å². The number of nitrogens with zero attached hydrogens (tertiary/aromatic N) is 3. The molecule has 0 saturated heterocycles. The molecule has 0 radical (unpaired) electrons. The van der Waals surface area contributed by atoms with E-state index in [1.807, 2.05) is 63.4 Å². The normalized spacial score (nSPS) is 10.4. The minimum atomic E-state index is 0.347. The molecular formula is C32H42N4O2. The molecular weight excluding hydrogens is 472 g/mol. The molecule has 4 aromatic rings. The third-order valence-electron chi connectivity index (χ3n) is 5.24. The van der Waals surface area contributed by atoms with Gasteiger partial charge in [-0.2, -0.15) is 0 Å². The molecule has 0 fully saturated rings. The Morgan fingerprint density at radius 3 is 2.32 bits per heavy atom. The Labute approximate surface area is 228 Å². The number of aryl methyl sites for hydroxylation is 1. The van der Waals surface area contributed by atoms with Gasteiger partial charge < -0.3 is 14.5 Å². The number of para-hydroxylation sites is 1. The molecule has 0 aliphatic rings. The lowest BCUT2D eigenvalue weighted by Crippen LogP contribution is -1.98. The molecule has 0 unspecified atom stereocenters. The van der Waals surface area contributed by atoms with Gasteiger partial charge in [-0.3, -0.25) is 4.57 Å². The number of hydrogen-bond acceptors (Lipinski definition) is 4. The summed E-state index contributed by atoms with van der Waals surface area (Å²) in [4.78, 5) is 12.7. The first kappa shape index (κ1) is 30.3. The number of ether oxygens (including phenoxy) is 2. The van der Waals surface area contributed by atoms with E-state index in [1.165, 1.54) is 12.0 Å². The molecule has 6 heteroatoms. The fourth-order valence-electron chi connectivity index (χ4n) is 3.64. The number of hydrogen-bond donors (Lipinski definition) is 1. The summed E-state index contributed by atoms with van der Waals surface area (Å²) in [6.07, 6.45) is 8.92. The average molecular weight is 515 g/mol. The van der Waals surface area contributed by atoms with Crippen LogP contribution in [-0.4, -0.2) is 26.6 Å². The highest BCUT2D eigenvalue weighted by Gasteiger charge is 2.16. The van der Waals surface area contributed by atoms with Gasteiger partial charge in [0.05, 0.1) is 36.4 Å². The first-order valence-corrected chi connectivity index (χ1v) is 13.2. The van der Waals surface area contributed by atoms with Crippen molar-refractivity contribution < 1.29 is 9.47 Å². The summed E-state index contributed by atoms with van der Waals surface area (Å²) in [5.41, 5.74) is 5.71. The van der Waals surface area contributed by atoms with E-state index in [-0.39, 0.29) is 0 Å². The van der Waals surface area contributed by atoms with Crippen LogP contribution in [0.25, 0.3) is 29.2 Å². The van der Waals surface area contributed by atoms with Crippen LogP contribution in [0, 0.1) is 6.92 Å². The molecule has 2 aromatic heterocycles. The summed E-state index contributed by atoms with van der Waals surface area (Å²) in [5.74, 6) is 2.33. The van der Waals surface area contributed by atoms with Gasteiger partial charge in [0, 0.05) is 11.9 Å². The smallest absolute Gasteiger partial charge is 0.148 e. The molecule has 0 aliphatic carbocycles. The first-order valence-electron chi connectivity index (χ1n) is 13.2. The van der Waals surface area contributed by atoms with Crippen LogP contribution < -0.4 is 4.74 Å². The molecule has 2 aromatic carbocycles. The topological polar surface area (TPSA) is 65.0 Å². The van der Waals surface area contributed by atoms with Gasteiger partial charge in [0.1, 0.15) is 24.0 Å². The van der Waals surface area contributed by atoms with E-state index in [9.17, 15) is 0 Å². The average Bonchev–Trinajstić information content (AvgIpc) is 3.55. The van der Waals surface area contributed by atoms with Crippen LogP contribution in [0.15, 0.2) is 67.4 Å². The van der Waals surface area contributed by atoms with Crippen LogP contribution in [0.3, 0.4) is 0 Å². The van der Waals surface area contributed by atoms with Crippen LogP contribution in [0.1, 0.15) is 69.5 Å². The van der Waals surface area contributed by atoms with E-state index >= 15 is 0 Å². The van der Waals surface area contributed by atoms with E-state index in [1.54, 1.807) is 13.2 Å². The van der Waals surface area contributed by atoms with Crippen molar-refractivity contribution >= 4 is 12.2 Å². The van der Waals surface area contributed by atoms with Gasteiger partial charge in [-0.05, 0) is 50.3 Å². The van der Waals surface area contributed by atoms with E-state index < -0.39 is 0 Å². The molecule has 38 heavy (non-hydrogen) atoms. The lowest BCUT2D eigenvalue weighted by Gasteiger charge is -2.11. The Morgan fingerprint density at radius 2 is 1.68 bits per heavy atom. The van der Waals surface area contributed by atoms with Crippen molar-refractivity contribution in [3.05, 3.63) is 95.9 Å². The lowest BCUT2D eigenvalue weighted by atomic mass is 10.1. The quantitative estimate of drug-likeness (QED) is 0.243. The van der Waals surface area contributed by atoms with E-state index in [0.717, 1.165) is 45.7 Å². The molecule has 202 valence electrons. The molecule has 0 saturated carbocycles. The highest BCUT2D eigenvalue weighted by molar-refractivity contribution is 5.67. The van der Waals surface area contributed by atoms with E-state index in [4.69, 9.17) is 14.5 Å². The number of imidazole rings is 2. The summed E-state index contributed by atoms with van der Waals surface area (Å²) >= 11 is 0. The Bertz CT molecular complexity index is 1280. The van der Waals surface area contributed by atoms with Crippen LogP contribution in [0.2, 0.25) is 0 Å². The second-order valence-corrected chi connectivity index (χ2v) is 8.35. The fourth-order valence-corrected chi connectivity index (χ4v) is 3.64. The number of aromatic amines is 1. The SMILES string of the molecule is C=Cc1nc(COCc2cn(-c3ccc(C)cc3)c(-c3ccccc3OC)n2)[nH]c1/C=C\C.CC.CCC. The van der Waals surface area contributed by atoms with Crippen molar-refractivity contribution in [2.45, 2.75) is 61.2 Å². The Balaban J connectivity index is 0.000000947. The summed E-state index contributed by atoms with van der Waals surface area (Å²) in [6, 6.07) is 16.2. The number of benzene rings is 2. The minimum Gasteiger partial charge on any atom is -0.496 e. The molecule has 0 aliphatic heterocycles. The first-order chi connectivity index (χ1) is 18.5. The monoisotopic (exact) mass is 514 g/mol. The highest BCUT2D eigenvalue weighted by Crippen LogP contribution is 2.31. The molecule has 6 nitrogen and oxygen atoms in total. The highest BCUT2D eigenvalue weighted by atomic mass is 16.5. The number of nitrogens with one attached hydrogen (secondary N) is 1.